The molecule has 2 fully saturated rings. The number of rotatable bonds is 6. The zero-order valence-electron chi connectivity index (χ0n) is 25.1. The van der Waals surface area contributed by atoms with E-state index < -0.39 is 28.6 Å². The Kier molecular flexibility index (Phi) is 6.47. The molecule has 3 aliphatic carbocycles. The van der Waals surface area contributed by atoms with Crippen LogP contribution in [0.4, 0.5) is 17.1 Å². The van der Waals surface area contributed by atoms with Gasteiger partial charge in [-0.3, -0.25) is 29.3 Å². The van der Waals surface area contributed by atoms with Crippen LogP contribution in [0.15, 0.2) is 91.0 Å². The molecule has 5 aliphatic rings. The number of hydrogen-bond acceptors (Lipinski definition) is 8. The van der Waals surface area contributed by atoms with E-state index in [0.717, 1.165) is 22.3 Å². The van der Waals surface area contributed by atoms with Gasteiger partial charge in [-0.25, -0.2) is 4.90 Å². The summed E-state index contributed by atoms with van der Waals surface area (Å²) in [5.74, 6) is -3.70. The highest BCUT2D eigenvalue weighted by Gasteiger charge is 2.61. The molecule has 4 aromatic carbocycles. The normalized spacial score (nSPS) is 23.8. The number of anilines is 2. The minimum atomic E-state index is -0.823. The number of non-ortho nitro benzene ring substituents is 1. The van der Waals surface area contributed by atoms with E-state index in [4.69, 9.17) is 9.47 Å². The van der Waals surface area contributed by atoms with Gasteiger partial charge < -0.3 is 14.4 Å². The summed E-state index contributed by atoms with van der Waals surface area (Å²) in [7, 11) is 1.34. The van der Waals surface area contributed by atoms with Crippen molar-refractivity contribution in [3.8, 4) is 11.5 Å². The summed E-state index contributed by atoms with van der Waals surface area (Å²) in [4.78, 5) is 67.6. The molecule has 234 valence electrons. The van der Waals surface area contributed by atoms with Crippen LogP contribution >= 0.6 is 0 Å². The molecule has 0 N–H and O–H groups in total. The number of imide groups is 1. The molecule has 2 heterocycles. The summed E-state index contributed by atoms with van der Waals surface area (Å²) in [6.45, 7) is -0.0120. The fourth-order valence-electron chi connectivity index (χ4n) is 7.92. The standard InChI is InChI=1S/C36H27N3O8/c1-46-28-17-21(39(44)45)13-14-27(28)37-18-19(15-29(37)40)36(43)47-22-8-6-7-20(16-22)38-34(41)32-30-23-9-2-3-10-24(23)31(33(32)35(38)42)26-12-5-4-11-25(26)30/h2-14,16-17,19,30-33H,15,18H2,1H3/t19-,30?,31?,32-,33+/m1/s1. The maximum atomic E-state index is 14.1. The first-order chi connectivity index (χ1) is 22.8. The van der Waals surface area contributed by atoms with Crippen molar-refractivity contribution in [2.45, 2.75) is 18.3 Å². The number of nitrogens with zero attached hydrogens (tertiary/aromatic N) is 3. The predicted octanol–water partition coefficient (Wildman–Crippen LogP) is 4.96. The van der Waals surface area contributed by atoms with Gasteiger partial charge in [-0.1, -0.05) is 54.6 Å². The highest BCUT2D eigenvalue weighted by Crippen LogP contribution is 2.61. The van der Waals surface area contributed by atoms with Gasteiger partial charge in [0.05, 0.1) is 47.2 Å². The molecule has 11 nitrogen and oxygen atoms in total. The molecule has 0 unspecified atom stereocenters. The third-order valence-electron chi connectivity index (χ3n) is 9.87. The van der Waals surface area contributed by atoms with Crippen molar-refractivity contribution >= 4 is 40.8 Å². The largest absolute Gasteiger partial charge is 0.494 e. The average Bonchev–Trinajstić information content (AvgIpc) is 3.60. The summed E-state index contributed by atoms with van der Waals surface area (Å²) in [5.41, 5.74) is 4.75. The molecule has 4 aromatic rings. The van der Waals surface area contributed by atoms with E-state index in [1.807, 2.05) is 48.5 Å². The van der Waals surface area contributed by atoms with Gasteiger partial charge in [0.2, 0.25) is 17.7 Å². The van der Waals surface area contributed by atoms with Gasteiger partial charge in [-0.2, -0.15) is 0 Å². The molecule has 0 saturated carbocycles. The number of nitro groups is 1. The van der Waals surface area contributed by atoms with Crippen molar-refractivity contribution < 1.29 is 33.6 Å². The molecular weight excluding hydrogens is 602 g/mol. The molecule has 0 radical (unpaired) electrons. The van der Waals surface area contributed by atoms with Gasteiger partial charge in [0, 0.05) is 36.9 Å². The molecule has 9 rings (SSSR count). The van der Waals surface area contributed by atoms with Crippen molar-refractivity contribution in [2.24, 2.45) is 17.8 Å². The number of nitro benzene ring substituents is 1. The zero-order chi connectivity index (χ0) is 32.6. The number of carbonyl (C=O) groups excluding carboxylic acids is 4. The Morgan fingerprint density at radius 2 is 1.40 bits per heavy atom. The summed E-state index contributed by atoms with van der Waals surface area (Å²) in [6, 6.07) is 26.3. The van der Waals surface area contributed by atoms with E-state index in [2.05, 4.69) is 0 Å². The second-order valence-electron chi connectivity index (χ2n) is 12.2. The Balaban J connectivity index is 1.04. The van der Waals surface area contributed by atoms with Crippen LogP contribution in [-0.4, -0.2) is 42.3 Å². The van der Waals surface area contributed by atoms with Gasteiger partial charge in [0.25, 0.3) is 5.69 Å². The molecule has 11 heteroatoms. The number of hydrogen-bond donors (Lipinski definition) is 0. The second-order valence-corrected chi connectivity index (χ2v) is 12.2. The summed E-state index contributed by atoms with van der Waals surface area (Å²) in [6.07, 6.45) is -0.130. The lowest BCUT2D eigenvalue weighted by molar-refractivity contribution is -0.384. The topological polar surface area (TPSA) is 136 Å². The molecule has 3 atom stereocenters. The average molecular weight is 630 g/mol. The highest BCUT2D eigenvalue weighted by molar-refractivity contribution is 6.23. The van der Waals surface area contributed by atoms with Gasteiger partial charge in [0.1, 0.15) is 11.5 Å². The maximum absolute atomic E-state index is 14.1. The summed E-state index contributed by atoms with van der Waals surface area (Å²) in [5, 5.41) is 11.2. The van der Waals surface area contributed by atoms with E-state index in [1.165, 1.54) is 41.2 Å². The number of carbonyl (C=O) groups is 4. The third kappa shape index (κ3) is 4.26. The van der Waals surface area contributed by atoms with Crippen LogP contribution in [0, 0.1) is 27.9 Å². The Morgan fingerprint density at radius 3 is 1.96 bits per heavy atom. The number of ether oxygens (including phenoxy) is 2. The monoisotopic (exact) mass is 629 g/mol. The lowest BCUT2D eigenvalue weighted by atomic mass is 9.55. The predicted molar refractivity (Wildman–Crippen MR) is 168 cm³/mol. The number of methoxy groups -OCH3 is 1. The Hall–Kier alpha value is -5.84. The van der Waals surface area contributed by atoms with Crippen LogP contribution < -0.4 is 19.3 Å². The smallest absolute Gasteiger partial charge is 0.316 e. The molecule has 2 saturated heterocycles. The van der Waals surface area contributed by atoms with Crippen LogP contribution in [0.5, 0.6) is 11.5 Å². The van der Waals surface area contributed by atoms with E-state index in [-0.39, 0.29) is 59.7 Å². The van der Waals surface area contributed by atoms with Crippen molar-refractivity contribution in [1.82, 2.24) is 0 Å². The van der Waals surface area contributed by atoms with Gasteiger partial charge in [-0.05, 0) is 40.5 Å². The number of esters is 1. The fourth-order valence-corrected chi connectivity index (χ4v) is 7.92. The Bertz CT molecular complexity index is 1930. The zero-order valence-corrected chi connectivity index (χ0v) is 25.1. The second kappa shape index (κ2) is 10.6. The minimum absolute atomic E-state index is 0.0120. The first-order valence-electron chi connectivity index (χ1n) is 15.3. The molecular formula is C36H27N3O8. The van der Waals surface area contributed by atoms with Crippen molar-refractivity contribution in [2.75, 3.05) is 23.5 Å². The van der Waals surface area contributed by atoms with Crippen LogP contribution in [-0.2, 0) is 19.2 Å². The fraction of sp³-hybridized carbons (Fsp3) is 0.222. The van der Waals surface area contributed by atoms with E-state index in [1.54, 1.807) is 18.2 Å². The third-order valence-corrected chi connectivity index (χ3v) is 9.87. The molecule has 3 amide bonds. The van der Waals surface area contributed by atoms with Crippen LogP contribution in [0.1, 0.15) is 40.5 Å². The van der Waals surface area contributed by atoms with Crippen LogP contribution in [0.2, 0.25) is 0 Å². The molecule has 47 heavy (non-hydrogen) atoms. The van der Waals surface area contributed by atoms with E-state index in [9.17, 15) is 29.3 Å². The first-order valence-corrected chi connectivity index (χ1v) is 15.3. The molecule has 0 spiro atoms. The minimum Gasteiger partial charge on any atom is -0.494 e. The Morgan fingerprint density at radius 1 is 0.809 bits per heavy atom. The summed E-state index contributed by atoms with van der Waals surface area (Å²) >= 11 is 0. The van der Waals surface area contributed by atoms with E-state index in [0.29, 0.717) is 11.4 Å². The van der Waals surface area contributed by atoms with Crippen LogP contribution in [0.25, 0.3) is 0 Å². The van der Waals surface area contributed by atoms with Gasteiger partial charge >= 0.3 is 5.97 Å². The molecule has 2 aliphatic heterocycles. The molecule has 2 bridgehead atoms. The number of benzene rings is 4. The highest BCUT2D eigenvalue weighted by atomic mass is 16.6. The van der Waals surface area contributed by atoms with E-state index >= 15 is 0 Å². The number of amides is 3. The quantitative estimate of drug-likeness (QED) is 0.0960. The van der Waals surface area contributed by atoms with Crippen molar-refractivity contribution in [3.63, 3.8) is 0 Å². The lowest BCUT2D eigenvalue weighted by Crippen LogP contribution is -2.41. The molecule has 0 aromatic heterocycles. The van der Waals surface area contributed by atoms with Gasteiger partial charge in [-0.15, -0.1) is 0 Å². The first kappa shape index (κ1) is 28.6. The Labute approximate surface area is 268 Å². The SMILES string of the molecule is COc1cc([N+](=O)[O-])ccc1N1C[C@H](C(=O)Oc2cccc(N3C(=O)[C@@H]4C5c6ccccc6C(c6ccccc65)[C@@H]4C3=O)c2)CC1=O. The van der Waals surface area contributed by atoms with Crippen molar-refractivity contribution in [3.05, 3.63) is 123 Å². The van der Waals surface area contributed by atoms with Crippen LogP contribution in [0.3, 0.4) is 0 Å². The lowest BCUT2D eigenvalue weighted by Gasteiger charge is -2.45. The van der Waals surface area contributed by atoms with Crippen molar-refractivity contribution in [1.29, 1.82) is 0 Å². The van der Waals surface area contributed by atoms with Gasteiger partial charge in [0.15, 0.2) is 0 Å². The maximum Gasteiger partial charge on any atom is 0.316 e. The summed E-state index contributed by atoms with van der Waals surface area (Å²) < 4.78 is 11.0.